The Hall–Kier alpha value is -1.48. The second-order valence-electron chi connectivity index (χ2n) is 3.61. The molecule has 1 aromatic carbocycles. The largest absolute Gasteiger partial charge is 0.493 e. The van der Waals surface area contributed by atoms with Gasteiger partial charge in [0.1, 0.15) is 0 Å². The molecule has 0 unspecified atom stereocenters. The van der Waals surface area contributed by atoms with Crippen LogP contribution in [0.1, 0.15) is 16.7 Å². The molecule has 0 spiro atoms. The summed E-state index contributed by atoms with van der Waals surface area (Å²) in [5.74, 6) is 1.59. The Morgan fingerprint density at radius 1 is 1.19 bits per heavy atom. The average Bonchev–Trinajstić information content (AvgIpc) is 2.29. The van der Waals surface area contributed by atoms with Crippen LogP contribution in [0.2, 0.25) is 0 Å². The van der Waals surface area contributed by atoms with Crippen molar-refractivity contribution in [3.05, 3.63) is 28.8 Å². The molecule has 0 aliphatic heterocycles. The van der Waals surface area contributed by atoms with Gasteiger partial charge in [-0.2, -0.15) is 0 Å². The van der Waals surface area contributed by atoms with E-state index >= 15 is 0 Å². The van der Waals surface area contributed by atoms with E-state index in [4.69, 9.17) is 15.2 Å². The lowest BCUT2D eigenvalue weighted by Crippen LogP contribution is -1.98. The number of hydrogen-bond donors (Lipinski definition) is 1. The van der Waals surface area contributed by atoms with Gasteiger partial charge < -0.3 is 15.2 Å². The molecule has 3 nitrogen and oxygen atoms in total. The van der Waals surface area contributed by atoms with Crippen LogP contribution in [0.4, 0.5) is 0 Å². The molecule has 2 N–H and O–H groups in total. The van der Waals surface area contributed by atoms with E-state index in [-0.39, 0.29) is 0 Å². The van der Waals surface area contributed by atoms with Gasteiger partial charge in [0.05, 0.1) is 14.2 Å². The molecule has 0 aliphatic rings. The number of rotatable bonds is 4. The number of aryl methyl sites for hydroxylation is 1. The summed E-state index contributed by atoms with van der Waals surface area (Å²) in [5, 5.41) is 0. The Balaban J connectivity index is 3.34. The van der Waals surface area contributed by atoms with Crippen LogP contribution in [0.25, 0.3) is 6.08 Å². The third kappa shape index (κ3) is 2.36. The molecule has 16 heavy (non-hydrogen) atoms. The lowest BCUT2D eigenvalue weighted by atomic mass is 10.0. The fourth-order valence-corrected chi connectivity index (χ4v) is 1.76. The van der Waals surface area contributed by atoms with Crippen LogP contribution in [0.5, 0.6) is 11.5 Å². The molecule has 0 saturated carbocycles. The minimum atomic E-state index is 0.535. The van der Waals surface area contributed by atoms with Gasteiger partial charge in [0.15, 0.2) is 11.5 Å². The lowest BCUT2D eigenvalue weighted by molar-refractivity contribution is 0.351. The molecule has 1 rings (SSSR count). The van der Waals surface area contributed by atoms with Crippen LogP contribution in [0.3, 0.4) is 0 Å². The predicted octanol–water partition coefficient (Wildman–Crippen LogP) is 2.29. The van der Waals surface area contributed by atoms with E-state index in [2.05, 4.69) is 6.07 Å². The van der Waals surface area contributed by atoms with Gasteiger partial charge in [-0.05, 0) is 31.0 Å². The van der Waals surface area contributed by atoms with Crippen molar-refractivity contribution in [2.24, 2.45) is 5.73 Å². The van der Waals surface area contributed by atoms with E-state index in [1.807, 2.05) is 26.0 Å². The predicted molar refractivity (Wildman–Crippen MR) is 67.1 cm³/mol. The van der Waals surface area contributed by atoms with Crippen molar-refractivity contribution in [3.63, 3.8) is 0 Å². The summed E-state index contributed by atoms with van der Waals surface area (Å²) < 4.78 is 10.7. The van der Waals surface area contributed by atoms with Gasteiger partial charge in [0.25, 0.3) is 0 Å². The fraction of sp³-hybridized carbons (Fsp3) is 0.385. The van der Waals surface area contributed by atoms with Crippen LogP contribution in [-0.4, -0.2) is 20.8 Å². The van der Waals surface area contributed by atoms with Crippen molar-refractivity contribution in [1.82, 2.24) is 0 Å². The third-order valence-corrected chi connectivity index (χ3v) is 2.55. The zero-order valence-electron chi connectivity index (χ0n) is 10.3. The lowest BCUT2D eigenvalue weighted by Gasteiger charge is -2.15. The van der Waals surface area contributed by atoms with Crippen molar-refractivity contribution in [2.45, 2.75) is 13.8 Å². The topological polar surface area (TPSA) is 44.5 Å². The van der Waals surface area contributed by atoms with Gasteiger partial charge in [-0.15, -0.1) is 0 Å². The number of benzene rings is 1. The van der Waals surface area contributed by atoms with Gasteiger partial charge in [0, 0.05) is 12.1 Å². The van der Waals surface area contributed by atoms with E-state index in [0.29, 0.717) is 6.54 Å². The zero-order valence-corrected chi connectivity index (χ0v) is 10.3. The molecule has 88 valence electrons. The number of ether oxygens (including phenoxy) is 2. The Morgan fingerprint density at radius 3 is 2.31 bits per heavy atom. The molecule has 1 aromatic rings. The summed E-state index contributed by atoms with van der Waals surface area (Å²) in [5.41, 5.74) is 8.68. The van der Waals surface area contributed by atoms with Crippen molar-refractivity contribution >= 4 is 6.08 Å². The first-order valence-corrected chi connectivity index (χ1v) is 5.24. The first-order valence-electron chi connectivity index (χ1n) is 5.24. The molecule has 0 heterocycles. The molecule has 3 heteroatoms. The Kier molecular flexibility index (Phi) is 4.38. The number of nitrogens with two attached hydrogens (primary N) is 1. The molecular formula is C13H19NO2. The van der Waals surface area contributed by atoms with Crippen molar-refractivity contribution < 1.29 is 9.47 Å². The maximum atomic E-state index is 5.45. The Bertz CT molecular complexity index is 397. The highest BCUT2D eigenvalue weighted by Crippen LogP contribution is 2.36. The van der Waals surface area contributed by atoms with E-state index < -0.39 is 0 Å². The second-order valence-corrected chi connectivity index (χ2v) is 3.61. The molecule has 0 saturated heterocycles. The van der Waals surface area contributed by atoms with Gasteiger partial charge in [-0.25, -0.2) is 0 Å². The maximum absolute atomic E-state index is 5.45. The van der Waals surface area contributed by atoms with Crippen LogP contribution < -0.4 is 15.2 Å². The molecule has 0 atom stereocenters. The number of hydrogen-bond acceptors (Lipinski definition) is 3. The molecule has 0 fully saturated rings. The summed E-state index contributed by atoms with van der Waals surface area (Å²) in [6.45, 7) is 4.55. The van der Waals surface area contributed by atoms with Crippen molar-refractivity contribution in [2.75, 3.05) is 20.8 Å². The highest BCUT2D eigenvalue weighted by Gasteiger charge is 2.12. The fourth-order valence-electron chi connectivity index (χ4n) is 1.76. The highest BCUT2D eigenvalue weighted by molar-refractivity contribution is 5.64. The molecule has 0 amide bonds. The van der Waals surface area contributed by atoms with Gasteiger partial charge in [-0.1, -0.05) is 12.2 Å². The molecule has 0 radical (unpaired) electrons. The molecule has 0 aliphatic carbocycles. The molecular weight excluding hydrogens is 202 g/mol. The van der Waals surface area contributed by atoms with Gasteiger partial charge >= 0.3 is 0 Å². The Morgan fingerprint density at radius 2 is 1.81 bits per heavy atom. The standard InChI is InChI=1S/C13H19NO2/c1-9-8-11(6-5-7-14)10(2)13(16-4)12(9)15-3/h5-6,8H,7,14H2,1-4H3/b6-5+. The summed E-state index contributed by atoms with van der Waals surface area (Å²) in [6, 6.07) is 2.07. The van der Waals surface area contributed by atoms with Crippen LogP contribution in [-0.2, 0) is 0 Å². The van der Waals surface area contributed by atoms with Crippen LogP contribution in [0, 0.1) is 13.8 Å². The smallest absolute Gasteiger partial charge is 0.164 e. The first-order chi connectivity index (χ1) is 7.65. The van der Waals surface area contributed by atoms with Crippen molar-refractivity contribution in [3.8, 4) is 11.5 Å². The number of methoxy groups -OCH3 is 2. The average molecular weight is 221 g/mol. The summed E-state index contributed by atoms with van der Waals surface area (Å²) >= 11 is 0. The summed E-state index contributed by atoms with van der Waals surface area (Å²) in [7, 11) is 3.31. The normalized spacial score (nSPS) is 10.8. The third-order valence-electron chi connectivity index (χ3n) is 2.55. The summed E-state index contributed by atoms with van der Waals surface area (Å²) in [6.07, 6.45) is 3.93. The minimum Gasteiger partial charge on any atom is -0.493 e. The van der Waals surface area contributed by atoms with Gasteiger partial charge in [0.2, 0.25) is 0 Å². The van der Waals surface area contributed by atoms with Crippen LogP contribution >= 0.6 is 0 Å². The second kappa shape index (κ2) is 5.56. The van der Waals surface area contributed by atoms with E-state index in [1.54, 1.807) is 14.2 Å². The van der Waals surface area contributed by atoms with Gasteiger partial charge in [-0.3, -0.25) is 0 Å². The maximum Gasteiger partial charge on any atom is 0.164 e. The highest BCUT2D eigenvalue weighted by atomic mass is 16.5. The minimum absolute atomic E-state index is 0.535. The monoisotopic (exact) mass is 221 g/mol. The summed E-state index contributed by atoms with van der Waals surface area (Å²) in [4.78, 5) is 0. The van der Waals surface area contributed by atoms with E-state index in [0.717, 1.165) is 28.2 Å². The zero-order chi connectivity index (χ0) is 12.1. The Labute approximate surface area is 96.9 Å². The first kappa shape index (κ1) is 12.6. The molecule has 0 aromatic heterocycles. The quantitative estimate of drug-likeness (QED) is 0.848. The van der Waals surface area contributed by atoms with Crippen LogP contribution in [0.15, 0.2) is 12.1 Å². The van der Waals surface area contributed by atoms with Crippen molar-refractivity contribution in [1.29, 1.82) is 0 Å². The SMILES string of the molecule is COc1c(C)cc(/C=C/CN)c(C)c1OC. The molecule has 0 bridgehead atoms. The van der Waals surface area contributed by atoms with E-state index in [1.165, 1.54) is 0 Å². The van der Waals surface area contributed by atoms with E-state index in [9.17, 15) is 0 Å².